The molecule has 18 heavy (non-hydrogen) atoms. The first-order valence-corrected chi connectivity index (χ1v) is 6.92. The molecule has 0 saturated carbocycles. The van der Waals surface area contributed by atoms with Gasteiger partial charge in [-0.15, -0.1) is 0 Å². The molecule has 0 spiro atoms. The van der Waals surface area contributed by atoms with Gasteiger partial charge in [-0.25, -0.2) is 0 Å². The van der Waals surface area contributed by atoms with E-state index in [1.165, 1.54) is 21.3 Å². The van der Waals surface area contributed by atoms with Crippen molar-refractivity contribution in [1.82, 2.24) is 4.48 Å². The van der Waals surface area contributed by atoms with E-state index < -0.39 is 0 Å². The highest BCUT2D eigenvalue weighted by Gasteiger charge is 2.20. The van der Waals surface area contributed by atoms with Crippen LogP contribution in [0.3, 0.4) is 0 Å². The van der Waals surface area contributed by atoms with Crippen molar-refractivity contribution in [1.29, 1.82) is 0 Å². The third kappa shape index (κ3) is 2.82. The van der Waals surface area contributed by atoms with Gasteiger partial charge in [0.2, 0.25) is 0 Å². The average Bonchev–Trinajstić information content (AvgIpc) is 2.36. The minimum absolute atomic E-state index is 0.850. The fraction of sp³-hybridized carbons (Fsp3) is 0.250. The van der Waals surface area contributed by atoms with Crippen molar-refractivity contribution < 1.29 is 0 Å². The van der Waals surface area contributed by atoms with Crippen LogP contribution < -0.4 is 4.48 Å². The summed E-state index contributed by atoms with van der Waals surface area (Å²) in [5.74, 6) is 0. The van der Waals surface area contributed by atoms with Crippen molar-refractivity contribution in [3.8, 4) is 0 Å². The molecule has 0 radical (unpaired) electrons. The third-order valence-corrected chi connectivity index (χ3v) is 4.43. The fourth-order valence-corrected chi connectivity index (χ4v) is 2.57. The Morgan fingerprint density at radius 1 is 0.944 bits per heavy atom. The predicted molar refractivity (Wildman–Crippen MR) is 82.7 cm³/mol. The maximum absolute atomic E-state index is 3.70. The zero-order valence-electron chi connectivity index (χ0n) is 11.2. The molecule has 0 aliphatic heterocycles. The molecule has 0 aromatic heterocycles. The normalized spacial score (nSPS) is 11.6. The van der Waals surface area contributed by atoms with E-state index in [2.05, 4.69) is 85.5 Å². The molecule has 0 unspecified atom stereocenters. The highest BCUT2D eigenvalue weighted by atomic mass is 79.9. The lowest BCUT2D eigenvalue weighted by Crippen LogP contribution is -2.39. The Kier molecular flexibility index (Phi) is 3.88. The Balaban J connectivity index is 2.31. The molecule has 1 nitrogen and oxygen atoms in total. The highest BCUT2D eigenvalue weighted by Crippen LogP contribution is 2.27. The maximum Gasteiger partial charge on any atom is 0.132 e. The Morgan fingerprint density at radius 3 is 2.28 bits per heavy atom. The lowest BCUT2D eigenvalue weighted by molar-refractivity contribution is 0.391. The number of para-hydroxylation sites is 1. The lowest BCUT2D eigenvalue weighted by Gasteiger charge is -2.30. The van der Waals surface area contributed by atoms with Crippen LogP contribution in [0.2, 0.25) is 0 Å². The summed E-state index contributed by atoms with van der Waals surface area (Å²) in [6, 6.07) is 17.1. The maximum atomic E-state index is 3.70. The summed E-state index contributed by atoms with van der Waals surface area (Å²) < 4.78 is 2.08. The van der Waals surface area contributed by atoms with Crippen molar-refractivity contribution in [2.24, 2.45) is 0 Å². The number of quaternary nitrogens is 1. The second kappa shape index (κ2) is 5.25. The van der Waals surface area contributed by atoms with Crippen molar-refractivity contribution in [2.45, 2.75) is 13.5 Å². The number of nitrogens with zero attached hydrogens (tertiary/aromatic N) is 1. The van der Waals surface area contributed by atoms with E-state index in [0.29, 0.717) is 0 Å². The molecule has 94 valence electrons. The van der Waals surface area contributed by atoms with Crippen LogP contribution in [0.25, 0.3) is 0 Å². The van der Waals surface area contributed by atoms with Crippen LogP contribution in [-0.4, -0.2) is 14.1 Å². The van der Waals surface area contributed by atoms with Crippen molar-refractivity contribution in [3.63, 3.8) is 0 Å². The van der Waals surface area contributed by atoms with E-state index >= 15 is 0 Å². The molecule has 0 saturated heterocycles. The molecule has 0 fully saturated rings. The Hall–Kier alpha value is -1.12. The van der Waals surface area contributed by atoms with Gasteiger partial charge < -0.3 is 0 Å². The molecule has 0 aliphatic carbocycles. The molecular formula is C16H19BrN+. The van der Waals surface area contributed by atoms with Gasteiger partial charge in [-0.2, -0.15) is 0 Å². The molecule has 0 heterocycles. The van der Waals surface area contributed by atoms with Gasteiger partial charge in [-0.3, -0.25) is 4.48 Å². The standard InChI is InChI=1S/C16H19BrN/c1-13-8-7-9-14(16(13)17)12-18(2,3)15-10-5-4-6-11-15/h4-11H,12H2,1-3H3/q+1. The van der Waals surface area contributed by atoms with E-state index in [9.17, 15) is 0 Å². The van der Waals surface area contributed by atoms with Crippen LogP contribution in [-0.2, 0) is 6.54 Å². The van der Waals surface area contributed by atoms with Gasteiger partial charge in [-0.05, 0) is 24.6 Å². The fourth-order valence-electron chi connectivity index (χ4n) is 2.18. The van der Waals surface area contributed by atoms with Gasteiger partial charge in [0.15, 0.2) is 0 Å². The first-order chi connectivity index (χ1) is 8.50. The minimum atomic E-state index is 0.850. The quantitative estimate of drug-likeness (QED) is 0.731. The molecule has 2 aromatic rings. The smallest absolute Gasteiger partial charge is 0.132 e. The topological polar surface area (TPSA) is 0 Å². The van der Waals surface area contributed by atoms with Gasteiger partial charge in [-0.1, -0.05) is 52.3 Å². The first-order valence-electron chi connectivity index (χ1n) is 6.13. The zero-order valence-corrected chi connectivity index (χ0v) is 12.7. The SMILES string of the molecule is Cc1cccc(C[N+](C)(C)c2ccccc2)c1Br. The highest BCUT2D eigenvalue weighted by molar-refractivity contribution is 9.10. The summed E-state index contributed by atoms with van der Waals surface area (Å²) in [7, 11) is 4.48. The second-order valence-corrected chi connectivity index (χ2v) is 6.02. The summed E-state index contributed by atoms with van der Waals surface area (Å²) >= 11 is 3.70. The Labute approximate surface area is 118 Å². The molecular weight excluding hydrogens is 286 g/mol. The zero-order chi connectivity index (χ0) is 13.2. The van der Waals surface area contributed by atoms with Crippen LogP contribution in [0.5, 0.6) is 0 Å². The third-order valence-electron chi connectivity index (χ3n) is 3.29. The average molecular weight is 305 g/mol. The van der Waals surface area contributed by atoms with Crippen molar-refractivity contribution in [3.05, 3.63) is 64.1 Å². The number of aryl methyl sites for hydroxylation is 1. The minimum Gasteiger partial charge on any atom is -0.292 e. The number of benzene rings is 2. The van der Waals surface area contributed by atoms with E-state index in [-0.39, 0.29) is 0 Å². The molecule has 0 amide bonds. The van der Waals surface area contributed by atoms with Gasteiger partial charge >= 0.3 is 0 Å². The number of rotatable bonds is 3. The molecule has 2 rings (SSSR count). The van der Waals surface area contributed by atoms with Crippen molar-refractivity contribution >= 4 is 21.6 Å². The monoisotopic (exact) mass is 304 g/mol. The van der Waals surface area contributed by atoms with Gasteiger partial charge in [0.25, 0.3) is 0 Å². The van der Waals surface area contributed by atoms with Crippen molar-refractivity contribution in [2.75, 3.05) is 14.1 Å². The van der Waals surface area contributed by atoms with Gasteiger partial charge in [0.1, 0.15) is 12.2 Å². The summed E-state index contributed by atoms with van der Waals surface area (Å²) in [6.45, 7) is 3.11. The molecule has 0 atom stereocenters. The molecule has 0 N–H and O–H groups in total. The molecule has 2 heteroatoms. The molecule has 2 aromatic carbocycles. The van der Waals surface area contributed by atoms with Gasteiger partial charge in [0.05, 0.1) is 14.1 Å². The summed E-state index contributed by atoms with van der Waals surface area (Å²) in [5.41, 5.74) is 3.97. The van der Waals surface area contributed by atoms with E-state index in [0.717, 1.165) is 11.0 Å². The Morgan fingerprint density at radius 2 is 1.61 bits per heavy atom. The number of halogens is 1. The largest absolute Gasteiger partial charge is 0.292 e. The van der Waals surface area contributed by atoms with Crippen LogP contribution in [0, 0.1) is 6.92 Å². The summed E-state index contributed by atoms with van der Waals surface area (Å²) in [5, 5.41) is 0. The van der Waals surface area contributed by atoms with Gasteiger partial charge in [0, 0.05) is 10.0 Å². The summed E-state index contributed by atoms with van der Waals surface area (Å²) in [4.78, 5) is 0. The summed E-state index contributed by atoms with van der Waals surface area (Å²) in [6.07, 6.45) is 0. The van der Waals surface area contributed by atoms with E-state index in [1.54, 1.807) is 0 Å². The van der Waals surface area contributed by atoms with E-state index in [4.69, 9.17) is 0 Å². The van der Waals surface area contributed by atoms with Crippen LogP contribution >= 0.6 is 15.9 Å². The van der Waals surface area contributed by atoms with E-state index in [1.807, 2.05) is 0 Å². The van der Waals surface area contributed by atoms with Crippen LogP contribution in [0.15, 0.2) is 53.0 Å². The number of hydrogen-bond acceptors (Lipinski definition) is 0. The number of hydrogen-bond donors (Lipinski definition) is 0. The van der Waals surface area contributed by atoms with Crippen LogP contribution in [0.4, 0.5) is 5.69 Å². The lowest BCUT2D eigenvalue weighted by atomic mass is 10.1. The first kappa shape index (κ1) is 13.3. The molecule has 0 aliphatic rings. The Bertz CT molecular complexity index is 532. The molecule has 0 bridgehead atoms. The van der Waals surface area contributed by atoms with Crippen LogP contribution in [0.1, 0.15) is 11.1 Å². The predicted octanol–water partition coefficient (Wildman–Crippen LogP) is 4.52. The second-order valence-electron chi connectivity index (χ2n) is 5.23.